The Kier molecular flexibility index (Phi) is 10.3. The zero-order chi connectivity index (χ0) is 27.7. The van der Waals surface area contributed by atoms with E-state index in [0.29, 0.717) is 17.1 Å². The number of nitrogens with zero attached hydrogens (tertiary/aromatic N) is 2. The van der Waals surface area contributed by atoms with E-state index >= 15 is 0 Å². The second kappa shape index (κ2) is 13.4. The fraction of sp³-hybridized carbons (Fsp3) is 0.310. The van der Waals surface area contributed by atoms with Crippen molar-refractivity contribution in [3.05, 3.63) is 101 Å². The highest BCUT2D eigenvalue weighted by atomic mass is 35.5. The minimum absolute atomic E-state index is 0.0702. The molecule has 9 heteroatoms. The normalized spacial score (nSPS) is 12.0. The molecule has 3 rings (SSSR count). The third kappa shape index (κ3) is 8.07. The number of benzene rings is 3. The van der Waals surface area contributed by atoms with Gasteiger partial charge in [-0.3, -0.25) is 13.9 Å². The Morgan fingerprint density at radius 1 is 0.947 bits per heavy atom. The summed E-state index contributed by atoms with van der Waals surface area (Å²) < 4.78 is 26.5. The number of halogens is 1. The van der Waals surface area contributed by atoms with Crippen LogP contribution in [-0.4, -0.2) is 51.0 Å². The molecule has 3 aromatic rings. The first-order valence-electron chi connectivity index (χ1n) is 12.4. The quantitative estimate of drug-likeness (QED) is 0.354. The molecule has 0 aliphatic rings. The average Bonchev–Trinajstić information content (AvgIpc) is 2.90. The molecule has 3 aromatic carbocycles. The molecule has 2 amide bonds. The van der Waals surface area contributed by atoms with E-state index in [1.165, 1.54) is 4.31 Å². The fourth-order valence-corrected chi connectivity index (χ4v) is 5.52. The number of likely N-dealkylation sites (N-methyl/N-ethyl adjacent to an activating group) is 1. The zero-order valence-corrected chi connectivity index (χ0v) is 23.5. The molecule has 0 spiro atoms. The first kappa shape index (κ1) is 29.2. The number of carbonyl (C=O) groups excluding carboxylic acids is 2. The van der Waals surface area contributed by atoms with Crippen molar-refractivity contribution in [2.75, 3.05) is 24.2 Å². The number of hydrogen-bond acceptors (Lipinski definition) is 4. The van der Waals surface area contributed by atoms with Gasteiger partial charge in [-0.15, -0.1) is 0 Å². The van der Waals surface area contributed by atoms with Crippen molar-refractivity contribution in [1.82, 2.24) is 10.2 Å². The Balaban J connectivity index is 1.84. The molecule has 0 radical (unpaired) electrons. The van der Waals surface area contributed by atoms with E-state index in [9.17, 15) is 18.0 Å². The lowest BCUT2D eigenvalue weighted by atomic mass is 10.0. The van der Waals surface area contributed by atoms with Crippen molar-refractivity contribution in [2.24, 2.45) is 0 Å². The monoisotopic (exact) mass is 555 g/mol. The van der Waals surface area contributed by atoms with Crippen LogP contribution in [-0.2, 0) is 32.6 Å². The average molecular weight is 556 g/mol. The molecule has 0 bridgehead atoms. The van der Waals surface area contributed by atoms with Gasteiger partial charge in [0.1, 0.15) is 6.04 Å². The Bertz CT molecular complexity index is 1330. The molecule has 0 saturated heterocycles. The van der Waals surface area contributed by atoms with Gasteiger partial charge in [-0.25, -0.2) is 8.42 Å². The minimum atomic E-state index is -3.61. The highest BCUT2D eigenvalue weighted by Crippen LogP contribution is 2.27. The summed E-state index contributed by atoms with van der Waals surface area (Å²) >= 11 is 6.14. The summed E-state index contributed by atoms with van der Waals surface area (Å²) in [7, 11) is -2.05. The van der Waals surface area contributed by atoms with Crippen LogP contribution >= 0.6 is 11.6 Å². The molecular weight excluding hydrogens is 522 g/mol. The van der Waals surface area contributed by atoms with Gasteiger partial charge in [-0.05, 0) is 42.2 Å². The maximum Gasteiger partial charge on any atom is 0.242 e. The van der Waals surface area contributed by atoms with Crippen LogP contribution in [0.4, 0.5) is 5.69 Å². The number of anilines is 1. The molecule has 0 aliphatic carbocycles. The molecule has 1 N–H and O–H groups in total. The van der Waals surface area contributed by atoms with Crippen molar-refractivity contribution in [3.8, 4) is 0 Å². The SMILES string of the molecule is CNC(=O)[C@@H](Cc1ccccc1)N(Cc1ccccc1)C(=O)CCCN(c1cc(Cl)ccc1C)S(C)(=O)=O. The van der Waals surface area contributed by atoms with Gasteiger partial charge in [-0.2, -0.15) is 0 Å². The number of amides is 2. The molecule has 202 valence electrons. The van der Waals surface area contributed by atoms with Crippen LogP contribution in [0.25, 0.3) is 0 Å². The molecule has 0 aromatic heterocycles. The number of sulfonamides is 1. The third-order valence-corrected chi connectivity index (χ3v) is 7.72. The summed E-state index contributed by atoms with van der Waals surface area (Å²) in [6.07, 6.45) is 1.84. The maximum absolute atomic E-state index is 13.6. The van der Waals surface area contributed by atoms with Crippen LogP contribution < -0.4 is 9.62 Å². The minimum Gasteiger partial charge on any atom is -0.357 e. The van der Waals surface area contributed by atoms with Crippen molar-refractivity contribution in [2.45, 2.75) is 38.8 Å². The molecule has 1 atom stereocenters. The van der Waals surface area contributed by atoms with Crippen LogP contribution in [0.15, 0.2) is 78.9 Å². The fourth-order valence-electron chi connectivity index (χ4n) is 4.33. The molecular formula is C29H34ClN3O4S. The lowest BCUT2D eigenvalue weighted by Crippen LogP contribution is -2.49. The summed E-state index contributed by atoms with van der Waals surface area (Å²) in [6, 6.07) is 23.4. The number of carbonyl (C=O) groups is 2. The van der Waals surface area contributed by atoms with E-state index in [-0.39, 0.29) is 37.7 Å². The topological polar surface area (TPSA) is 86.8 Å². The summed E-state index contributed by atoms with van der Waals surface area (Å²) in [6.45, 7) is 2.18. The van der Waals surface area contributed by atoms with Gasteiger partial charge >= 0.3 is 0 Å². The van der Waals surface area contributed by atoms with E-state index in [2.05, 4.69) is 5.32 Å². The van der Waals surface area contributed by atoms with Crippen LogP contribution in [0.2, 0.25) is 5.02 Å². The molecule has 0 saturated carbocycles. The standard InChI is InChI=1S/C29H34ClN3O4S/c1-22-16-17-25(30)20-26(22)33(38(3,36)37)18-10-15-28(34)32(21-24-13-8-5-9-14-24)27(29(35)31-2)19-23-11-6-4-7-12-23/h4-9,11-14,16-17,20,27H,10,15,18-19,21H2,1-3H3,(H,31,35)/t27-/m1/s1. The van der Waals surface area contributed by atoms with Gasteiger partial charge in [0.15, 0.2) is 0 Å². The molecule has 7 nitrogen and oxygen atoms in total. The van der Waals surface area contributed by atoms with Crippen molar-refractivity contribution in [3.63, 3.8) is 0 Å². The lowest BCUT2D eigenvalue weighted by Gasteiger charge is -2.31. The van der Waals surface area contributed by atoms with Crippen molar-refractivity contribution in [1.29, 1.82) is 0 Å². The van der Waals surface area contributed by atoms with Crippen LogP contribution in [0.1, 0.15) is 29.5 Å². The van der Waals surface area contributed by atoms with Crippen LogP contribution in [0.5, 0.6) is 0 Å². The Labute approximate surface area is 230 Å². The van der Waals surface area contributed by atoms with Gasteiger partial charge in [-0.1, -0.05) is 78.3 Å². The Hall–Kier alpha value is -3.36. The first-order chi connectivity index (χ1) is 18.1. The maximum atomic E-state index is 13.6. The van der Waals surface area contributed by atoms with Gasteiger partial charge in [0.05, 0.1) is 11.9 Å². The number of hydrogen-bond donors (Lipinski definition) is 1. The predicted molar refractivity (Wildman–Crippen MR) is 153 cm³/mol. The number of nitrogens with one attached hydrogen (secondary N) is 1. The summed E-state index contributed by atoms with van der Waals surface area (Å²) in [5.41, 5.74) is 3.09. The Morgan fingerprint density at radius 3 is 2.13 bits per heavy atom. The van der Waals surface area contributed by atoms with E-state index in [1.807, 2.05) is 67.6 Å². The van der Waals surface area contributed by atoms with Gasteiger partial charge in [0.2, 0.25) is 21.8 Å². The molecule has 0 unspecified atom stereocenters. The van der Waals surface area contributed by atoms with E-state index in [4.69, 9.17) is 11.6 Å². The van der Waals surface area contributed by atoms with Gasteiger partial charge in [0.25, 0.3) is 0 Å². The highest BCUT2D eigenvalue weighted by molar-refractivity contribution is 7.92. The van der Waals surface area contributed by atoms with Gasteiger partial charge in [0, 0.05) is 38.0 Å². The summed E-state index contributed by atoms with van der Waals surface area (Å²) in [5.74, 6) is -0.486. The first-order valence-corrected chi connectivity index (χ1v) is 14.7. The molecule has 0 aliphatic heterocycles. The second-order valence-electron chi connectivity index (χ2n) is 9.20. The third-order valence-electron chi connectivity index (χ3n) is 6.31. The predicted octanol–water partition coefficient (Wildman–Crippen LogP) is 4.58. The van der Waals surface area contributed by atoms with E-state index < -0.39 is 16.1 Å². The van der Waals surface area contributed by atoms with E-state index in [0.717, 1.165) is 22.9 Å². The largest absolute Gasteiger partial charge is 0.357 e. The number of rotatable bonds is 12. The molecule has 38 heavy (non-hydrogen) atoms. The smallest absolute Gasteiger partial charge is 0.242 e. The molecule has 0 fully saturated rings. The number of aryl methyl sites for hydroxylation is 1. The molecule has 0 heterocycles. The van der Waals surface area contributed by atoms with Crippen molar-refractivity contribution >= 4 is 39.1 Å². The van der Waals surface area contributed by atoms with Crippen molar-refractivity contribution < 1.29 is 18.0 Å². The van der Waals surface area contributed by atoms with E-state index in [1.54, 1.807) is 30.1 Å². The summed E-state index contributed by atoms with van der Waals surface area (Å²) in [5, 5.41) is 3.13. The highest BCUT2D eigenvalue weighted by Gasteiger charge is 2.30. The summed E-state index contributed by atoms with van der Waals surface area (Å²) in [4.78, 5) is 28.3. The van der Waals surface area contributed by atoms with Crippen LogP contribution in [0.3, 0.4) is 0 Å². The van der Waals surface area contributed by atoms with Gasteiger partial charge < -0.3 is 10.2 Å². The second-order valence-corrected chi connectivity index (χ2v) is 11.5. The lowest BCUT2D eigenvalue weighted by molar-refractivity contribution is -0.141. The Morgan fingerprint density at radius 2 is 1.55 bits per heavy atom. The zero-order valence-electron chi connectivity index (χ0n) is 21.9. The van der Waals surface area contributed by atoms with Crippen LogP contribution in [0, 0.1) is 6.92 Å².